The molecule has 2 atom stereocenters. The first kappa shape index (κ1) is 12.0. The molecular weight excluding hydrogens is 180 g/mol. The van der Waals surface area contributed by atoms with E-state index in [4.69, 9.17) is 14.6 Å². The first-order chi connectivity index (χ1) is 6.59. The molecule has 0 saturated heterocycles. The number of aliphatic hydroxyl groups is 1. The Kier molecular flexibility index (Phi) is 4.35. The van der Waals surface area contributed by atoms with E-state index in [2.05, 4.69) is 13.8 Å². The fraction of sp³-hybridized carbons (Fsp3) is 1.00. The highest BCUT2D eigenvalue weighted by Crippen LogP contribution is 2.37. The van der Waals surface area contributed by atoms with Crippen molar-refractivity contribution in [1.82, 2.24) is 0 Å². The molecule has 0 amide bonds. The highest BCUT2D eigenvalue weighted by molar-refractivity contribution is 4.86. The van der Waals surface area contributed by atoms with Crippen LogP contribution in [0, 0.1) is 5.41 Å². The number of aliphatic hydroxyl groups excluding tert-OH is 1. The first-order valence-electron chi connectivity index (χ1n) is 5.34. The van der Waals surface area contributed by atoms with Crippen LogP contribution in [-0.2, 0) is 9.47 Å². The maximum Gasteiger partial charge on any atom is 0.0838 e. The molecule has 0 aromatic rings. The van der Waals surface area contributed by atoms with Gasteiger partial charge in [0.2, 0.25) is 0 Å². The van der Waals surface area contributed by atoms with Crippen LogP contribution >= 0.6 is 0 Å². The van der Waals surface area contributed by atoms with Crippen LogP contribution in [0.5, 0.6) is 0 Å². The molecule has 0 spiro atoms. The second kappa shape index (κ2) is 5.10. The Labute approximate surface area is 86.4 Å². The molecule has 0 heterocycles. The number of rotatable bonds is 4. The van der Waals surface area contributed by atoms with E-state index in [1.54, 1.807) is 7.11 Å². The highest BCUT2D eigenvalue weighted by Gasteiger charge is 2.35. The van der Waals surface area contributed by atoms with Crippen LogP contribution in [0.15, 0.2) is 0 Å². The van der Waals surface area contributed by atoms with Gasteiger partial charge < -0.3 is 14.6 Å². The molecule has 1 N–H and O–H groups in total. The van der Waals surface area contributed by atoms with Crippen LogP contribution in [0.4, 0.5) is 0 Å². The predicted molar refractivity (Wildman–Crippen MR) is 55.3 cm³/mol. The molecule has 1 fully saturated rings. The maximum absolute atomic E-state index is 8.69. The quantitative estimate of drug-likeness (QED) is 0.752. The third-order valence-electron chi connectivity index (χ3n) is 3.00. The van der Waals surface area contributed by atoms with Crippen LogP contribution < -0.4 is 0 Å². The SMILES string of the molecule is COC1CC(C)(C)CC[C@H]1OCCO. The smallest absolute Gasteiger partial charge is 0.0838 e. The summed E-state index contributed by atoms with van der Waals surface area (Å²) in [5.74, 6) is 0. The molecule has 14 heavy (non-hydrogen) atoms. The van der Waals surface area contributed by atoms with Gasteiger partial charge in [0.15, 0.2) is 0 Å². The zero-order valence-corrected chi connectivity index (χ0v) is 9.45. The third kappa shape index (κ3) is 3.23. The molecule has 84 valence electrons. The van der Waals surface area contributed by atoms with Crippen LogP contribution in [0.2, 0.25) is 0 Å². The Hall–Kier alpha value is -0.120. The van der Waals surface area contributed by atoms with Crippen LogP contribution in [0.25, 0.3) is 0 Å². The summed E-state index contributed by atoms with van der Waals surface area (Å²) in [5, 5.41) is 8.69. The monoisotopic (exact) mass is 202 g/mol. The van der Waals surface area contributed by atoms with Gasteiger partial charge in [0.05, 0.1) is 25.4 Å². The van der Waals surface area contributed by atoms with E-state index < -0.39 is 0 Å². The molecule has 1 rings (SSSR count). The molecule has 1 unspecified atom stereocenters. The molecule has 0 aromatic carbocycles. The maximum atomic E-state index is 8.69. The van der Waals surface area contributed by atoms with Crippen molar-refractivity contribution < 1.29 is 14.6 Å². The van der Waals surface area contributed by atoms with Gasteiger partial charge in [0.25, 0.3) is 0 Å². The van der Waals surface area contributed by atoms with E-state index in [-0.39, 0.29) is 18.8 Å². The van der Waals surface area contributed by atoms with E-state index in [0.717, 1.165) is 12.8 Å². The Morgan fingerprint density at radius 1 is 1.36 bits per heavy atom. The van der Waals surface area contributed by atoms with Gasteiger partial charge in [-0.3, -0.25) is 0 Å². The van der Waals surface area contributed by atoms with Gasteiger partial charge in [0, 0.05) is 7.11 Å². The molecule has 0 bridgehead atoms. The lowest BCUT2D eigenvalue weighted by molar-refractivity contribution is -0.105. The summed E-state index contributed by atoms with van der Waals surface area (Å²) >= 11 is 0. The summed E-state index contributed by atoms with van der Waals surface area (Å²) in [5.41, 5.74) is 0.361. The zero-order valence-electron chi connectivity index (χ0n) is 9.45. The molecule has 0 aromatic heterocycles. The Morgan fingerprint density at radius 2 is 2.07 bits per heavy atom. The molecule has 3 nitrogen and oxygen atoms in total. The fourth-order valence-corrected chi connectivity index (χ4v) is 2.13. The number of ether oxygens (including phenoxy) is 2. The predicted octanol–water partition coefficient (Wildman–Crippen LogP) is 1.59. The zero-order chi connectivity index (χ0) is 10.6. The lowest BCUT2D eigenvalue weighted by Gasteiger charge is -2.39. The van der Waals surface area contributed by atoms with Crippen LogP contribution in [0.3, 0.4) is 0 Å². The summed E-state index contributed by atoms with van der Waals surface area (Å²) in [4.78, 5) is 0. The molecule has 3 heteroatoms. The van der Waals surface area contributed by atoms with Gasteiger partial charge in [-0.2, -0.15) is 0 Å². The van der Waals surface area contributed by atoms with Crippen LogP contribution in [0.1, 0.15) is 33.1 Å². The summed E-state index contributed by atoms with van der Waals surface area (Å²) < 4.78 is 11.0. The summed E-state index contributed by atoms with van der Waals surface area (Å²) in [6, 6.07) is 0. The minimum atomic E-state index is 0.0936. The lowest BCUT2D eigenvalue weighted by atomic mass is 9.75. The van der Waals surface area contributed by atoms with Crippen LogP contribution in [-0.4, -0.2) is 37.6 Å². The summed E-state index contributed by atoms with van der Waals surface area (Å²) in [7, 11) is 1.74. The van der Waals surface area contributed by atoms with Gasteiger partial charge in [-0.05, 0) is 24.7 Å². The lowest BCUT2D eigenvalue weighted by Crippen LogP contribution is -2.40. The Morgan fingerprint density at radius 3 is 2.64 bits per heavy atom. The van der Waals surface area contributed by atoms with Crippen molar-refractivity contribution >= 4 is 0 Å². The first-order valence-corrected chi connectivity index (χ1v) is 5.34. The van der Waals surface area contributed by atoms with E-state index in [9.17, 15) is 0 Å². The number of hydrogen-bond donors (Lipinski definition) is 1. The average molecular weight is 202 g/mol. The van der Waals surface area contributed by atoms with Gasteiger partial charge in [-0.15, -0.1) is 0 Å². The second-order valence-corrected chi connectivity index (χ2v) is 4.81. The minimum absolute atomic E-state index is 0.0936. The van der Waals surface area contributed by atoms with Gasteiger partial charge in [-0.25, -0.2) is 0 Å². The number of hydrogen-bond acceptors (Lipinski definition) is 3. The van der Waals surface area contributed by atoms with Crippen molar-refractivity contribution in [3.05, 3.63) is 0 Å². The molecule has 1 aliphatic carbocycles. The second-order valence-electron chi connectivity index (χ2n) is 4.81. The molecule has 0 aliphatic heterocycles. The Bertz CT molecular complexity index is 168. The molecule has 0 radical (unpaired) electrons. The highest BCUT2D eigenvalue weighted by atomic mass is 16.5. The number of methoxy groups -OCH3 is 1. The van der Waals surface area contributed by atoms with Crippen molar-refractivity contribution in [2.45, 2.75) is 45.3 Å². The fourth-order valence-electron chi connectivity index (χ4n) is 2.13. The van der Waals surface area contributed by atoms with Gasteiger partial charge in [-0.1, -0.05) is 13.8 Å². The molecular formula is C11H22O3. The Balaban J connectivity index is 2.44. The average Bonchev–Trinajstić information content (AvgIpc) is 2.15. The molecule has 1 aliphatic rings. The summed E-state index contributed by atoms with van der Waals surface area (Å²) in [6.07, 6.45) is 3.60. The van der Waals surface area contributed by atoms with E-state index in [0.29, 0.717) is 12.0 Å². The van der Waals surface area contributed by atoms with Crippen molar-refractivity contribution in [1.29, 1.82) is 0 Å². The van der Waals surface area contributed by atoms with E-state index >= 15 is 0 Å². The van der Waals surface area contributed by atoms with Crippen molar-refractivity contribution in [3.8, 4) is 0 Å². The normalized spacial score (nSPS) is 31.7. The summed E-state index contributed by atoms with van der Waals surface area (Å²) in [6.45, 7) is 5.05. The van der Waals surface area contributed by atoms with Gasteiger partial charge >= 0.3 is 0 Å². The van der Waals surface area contributed by atoms with Crippen molar-refractivity contribution in [3.63, 3.8) is 0 Å². The molecule has 1 saturated carbocycles. The van der Waals surface area contributed by atoms with Gasteiger partial charge in [0.1, 0.15) is 0 Å². The van der Waals surface area contributed by atoms with E-state index in [1.165, 1.54) is 6.42 Å². The standard InChI is InChI=1S/C11H22O3/c1-11(2)5-4-9(14-7-6-12)10(8-11)13-3/h9-10,12H,4-8H2,1-3H3/t9-,10?/m1/s1. The van der Waals surface area contributed by atoms with Crippen molar-refractivity contribution in [2.75, 3.05) is 20.3 Å². The van der Waals surface area contributed by atoms with Crippen molar-refractivity contribution in [2.24, 2.45) is 5.41 Å². The topological polar surface area (TPSA) is 38.7 Å². The minimum Gasteiger partial charge on any atom is -0.394 e. The van der Waals surface area contributed by atoms with E-state index in [1.807, 2.05) is 0 Å². The third-order valence-corrected chi connectivity index (χ3v) is 3.00. The largest absolute Gasteiger partial charge is 0.394 e.